The lowest BCUT2D eigenvalue weighted by Gasteiger charge is -2.06. The molecule has 0 unspecified atom stereocenters. The van der Waals surface area contributed by atoms with Gasteiger partial charge in [0.05, 0.1) is 11.8 Å². The Kier molecular flexibility index (Phi) is 3.34. The van der Waals surface area contributed by atoms with E-state index in [9.17, 15) is 4.79 Å². The topological polar surface area (TPSA) is 56.5 Å². The van der Waals surface area contributed by atoms with E-state index in [1.54, 1.807) is 6.26 Å². The second-order valence-corrected chi connectivity index (χ2v) is 6.76. The van der Waals surface area contributed by atoms with Gasteiger partial charge in [0.2, 0.25) is 0 Å². The van der Waals surface area contributed by atoms with Crippen LogP contribution in [0.2, 0.25) is 0 Å². The van der Waals surface area contributed by atoms with Gasteiger partial charge < -0.3 is 13.3 Å². The molecule has 0 amide bonds. The van der Waals surface area contributed by atoms with Crippen molar-refractivity contribution in [3.63, 3.8) is 0 Å². The number of hydrogen-bond donors (Lipinski definition) is 0. The molecule has 5 aromatic rings. The van der Waals surface area contributed by atoms with Crippen molar-refractivity contribution in [3.05, 3.63) is 82.4 Å². The van der Waals surface area contributed by atoms with E-state index in [0.29, 0.717) is 22.7 Å². The van der Waals surface area contributed by atoms with Gasteiger partial charge in [-0.1, -0.05) is 23.8 Å². The van der Waals surface area contributed by atoms with Gasteiger partial charge in [-0.25, -0.2) is 4.79 Å². The molecule has 4 nitrogen and oxygen atoms in total. The summed E-state index contributed by atoms with van der Waals surface area (Å²) in [6.45, 7) is 4.00. The first kappa shape index (κ1) is 15.7. The molecule has 27 heavy (non-hydrogen) atoms. The molecule has 0 spiro atoms. The Morgan fingerprint density at radius 2 is 1.59 bits per heavy atom. The number of fused-ring (bicyclic) bond motifs is 2. The maximum absolute atomic E-state index is 12.2. The summed E-state index contributed by atoms with van der Waals surface area (Å²) in [6.07, 6.45) is 1.63. The van der Waals surface area contributed by atoms with Crippen molar-refractivity contribution in [2.45, 2.75) is 13.8 Å². The van der Waals surface area contributed by atoms with Gasteiger partial charge in [-0.05, 0) is 49.7 Å². The lowest BCUT2D eigenvalue weighted by molar-refractivity contribution is 0.559. The fourth-order valence-corrected chi connectivity index (χ4v) is 3.52. The Bertz CT molecular complexity index is 1350. The van der Waals surface area contributed by atoms with Crippen LogP contribution in [0.25, 0.3) is 44.6 Å². The van der Waals surface area contributed by atoms with Crippen molar-refractivity contribution in [3.8, 4) is 22.6 Å². The molecule has 0 fully saturated rings. The van der Waals surface area contributed by atoms with Crippen LogP contribution in [0.3, 0.4) is 0 Å². The number of benzene rings is 2. The molecule has 0 saturated heterocycles. The van der Waals surface area contributed by atoms with Gasteiger partial charge in [0, 0.05) is 22.4 Å². The average molecular weight is 356 g/mol. The van der Waals surface area contributed by atoms with Crippen LogP contribution in [0.1, 0.15) is 11.1 Å². The molecule has 5 rings (SSSR count). The highest BCUT2D eigenvalue weighted by Gasteiger charge is 2.22. The molecular weight excluding hydrogens is 340 g/mol. The second-order valence-electron chi connectivity index (χ2n) is 6.76. The summed E-state index contributed by atoms with van der Waals surface area (Å²) >= 11 is 0. The second kappa shape index (κ2) is 5.74. The summed E-state index contributed by atoms with van der Waals surface area (Å²) in [7, 11) is 0. The first-order valence-corrected chi connectivity index (χ1v) is 8.72. The van der Waals surface area contributed by atoms with Gasteiger partial charge in [0.25, 0.3) is 0 Å². The predicted molar refractivity (Wildman–Crippen MR) is 105 cm³/mol. The lowest BCUT2D eigenvalue weighted by atomic mass is 10.00. The zero-order valence-electron chi connectivity index (χ0n) is 14.9. The molecule has 3 heterocycles. The summed E-state index contributed by atoms with van der Waals surface area (Å²) in [4.78, 5) is 12.2. The van der Waals surface area contributed by atoms with Crippen LogP contribution in [-0.2, 0) is 0 Å². The van der Waals surface area contributed by atoms with Crippen LogP contribution < -0.4 is 5.63 Å². The highest BCUT2D eigenvalue weighted by Crippen LogP contribution is 2.43. The fourth-order valence-electron chi connectivity index (χ4n) is 3.52. The molecule has 132 valence electrons. The zero-order valence-corrected chi connectivity index (χ0v) is 14.9. The molecule has 2 aromatic carbocycles. The number of aryl methyl sites for hydroxylation is 2. The summed E-state index contributed by atoms with van der Waals surface area (Å²) in [5.41, 5.74) is 4.55. The highest BCUT2D eigenvalue weighted by atomic mass is 16.4. The Balaban J connectivity index is 1.93. The van der Waals surface area contributed by atoms with Gasteiger partial charge in [0.1, 0.15) is 22.7 Å². The Morgan fingerprint density at radius 3 is 2.41 bits per heavy atom. The minimum absolute atomic E-state index is 0.412. The van der Waals surface area contributed by atoms with Crippen LogP contribution in [0.5, 0.6) is 0 Å². The van der Waals surface area contributed by atoms with Crippen LogP contribution in [-0.4, -0.2) is 0 Å². The molecule has 0 aliphatic heterocycles. The maximum Gasteiger partial charge on any atom is 0.336 e. The van der Waals surface area contributed by atoms with Gasteiger partial charge >= 0.3 is 5.63 Å². The van der Waals surface area contributed by atoms with E-state index < -0.39 is 5.63 Å². The highest BCUT2D eigenvalue weighted by molar-refractivity contribution is 6.05. The van der Waals surface area contributed by atoms with E-state index in [2.05, 4.69) is 6.07 Å². The van der Waals surface area contributed by atoms with Crippen molar-refractivity contribution >= 4 is 21.9 Å². The Hall–Kier alpha value is -3.53. The summed E-state index contributed by atoms with van der Waals surface area (Å²) in [5, 5.41) is 1.78. The van der Waals surface area contributed by atoms with Crippen LogP contribution >= 0.6 is 0 Å². The first-order chi connectivity index (χ1) is 13.1. The van der Waals surface area contributed by atoms with E-state index in [1.807, 2.05) is 56.3 Å². The molecular formula is C23H16O4. The molecule has 0 radical (unpaired) electrons. The standard InChI is InChI=1S/C23H16O4/c1-13-6-8-18-17(10-13)22(19-4-3-9-25-19)23(27-18)16-12-21(24)26-20-11-14(2)5-7-15(16)20/h3-12H,1-2H3. The largest absolute Gasteiger partial charge is 0.464 e. The first-order valence-electron chi connectivity index (χ1n) is 8.72. The van der Waals surface area contributed by atoms with E-state index >= 15 is 0 Å². The molecule has 0 aliphatic rings. The average Bonchev–Trinajstić information content (AvgIpc) is 3.27. The SMILES string of the molecule is Cc1ccc2c(-c3oc4ccc(C)cc4c3-c3ccco3)cc(=O)oc2c1. The molecule has 4 heteroatoms. The van der Waals surface area contributed by atoms with Crippen LogP contribution in [0.4, 0.5) is 0 Å². The van der Waals surface area contributed by atoms with Crippen molar-refractivity contribution in [2.24, 2.45) is 0 Å². The smallest absolute Gasteiger partial charge is 0.336 e. The minimum atomic E-state index is -0.412. The van der Waals surface area contributed by atoms with E-state index in [4.69, 9.17) is 13.3 Å². The number of hydrogen-bond acceptors (Lipinski definition) is 4. The minimum Gasteiger partial charge on any atom is -0.464 e. The van der Waals surface area contributed by atoms with Gasteiger partial charge in [0.15, 0.2) is 0 Å². The quantitative estimate of drug-likeness (QED) is 0.360. The van der Waals surface area contributed by atoms with Crippen molar-refractivity contribution in [1.82, 2.24) is 0 Å². The van der Waals surface area contributed by atoms with Crippen LogP contribution in [0, 0.1) is 13.8 Å². The third-order valence-corrected chi connectivity index (χ3v) is 4.76. The van der Waals surface area contributed by atoms with Crippen molar-refractivity contribution < 1.29 is 13.3 Å². The van der Waals surface area contributed by atoms with E-state index in [0.717, 1.165) is 33.0 Å². The fraction of sp³-hybridized carbons (Fsp3) is 0.0870. The predicted octanol–water partition coefficient (Wildman–Crippen LogP) is 6.08. The molecule has 0 aliphatic carbocycles. The molecule has 0 atom stereocenters. The van der Waals surface area contributed by atoms with Crippen LogP contribution in [0.15, 0.2) is 78.9 Å². The van der Waals surface area contributed by atoms with Crippen molar-refractivity contribution in [1.29, 1.82) is 0 Å². The maximum atomic E-state index is 12.2. The zero-order chi connectivity index (χ0) is 18.5. The normalized spacial score (nSPS) is 11.5. The summed E-state index contributed by atoms with van der Waals surface area (Å²) in [5.74, 6) is 1.30. The van der Waals surface area contributed by atoms with Gasteiger partial charge in [-0.3, -0.25) is 0 Å². The molecule has 0 saturated carbocycles. The Morgan fingerprint density at radius 1 is 0.778 bits per heavy atom. The molecule has 3 aromatic heterocycles. The third kappa shape index (κ3) is 2.49. The summed E-state index contributed by atoms with van der Waals surface area (Å²) in [6, 6.07) is 17.0. The lowest BCUT2D eigenvalue weighted by Crippen LogP contribution is -1.98. The van der Waals surface area contributed by atoms with Gasteiger partial charge in [-0.15, -0.1) is 0 Å². The monoisotopic (exact) mass is 356 g/mol. The third-order valence-electron chi connectivity index (χ3n) is 4.76. The van der Waals surface area contributed by atoms with Crippen molar-refractivity contribution in [2.75, 3.05) is 0 Å². The van der Waals surface area contributed by atoms with Gasteiger partial charge in [-0.2, -0.15) is 0 Å². The van der Waals surface area contributed by atoms with E-state index in [-0.39, 0.29) is 0 Å². The number of rotatable bonds is 2. The van der Waals surface area contributed by atoms with E-state index in [1.165, 1.54) is 6.07 Å². The Labute approximate surface area is 154 Å². The molecule has 0 bridgehead atoms. The molecule has 0 N–H and O–H groups in total. The number of furan rings is 2. The summed E-state index contributed by atoms with van der Waals surface area (Å²) < 4.78 is 17.3.